The molecule has 0 radical (unpaired) electrons. The number of carboxylic acid groups (broad SMARTS) is 4. The van der Waals surface area contributed by atoms with Crippen molar-refractivity contribution in [1.29, 1.82) is 0 Å². The molecule has 214 valence electrons. The summed E-state index contributed by atoms with van der Waals surface area (Å²) in [5.41, 5.74) is -3.18. The second-order valence-corrected chi connectivity index (χ2v) is 16.7. The summed E-state index contributed by atoms with van der Waals surface area (Å²) in [7, 11) is -2.61. The van der Waals surface area contributed by atoms with Gasteiger partial charge in [-0.05, 0) is 54.8 Å². The van der Waals surface area contributed by atoms with E-state index in [1.165, 1.54) is 24.3 Å². The molecule has 0 amide bonds. The topological polar surface area (TPSA) is 158 Å². The molecule has 38 heavy (non-hydrogen) atoms. The molecule has 0 heterocycles. The molecule has 0 aromatic carbocycles. The van der Waals surface area contributed by atoms with E-state index in [-0.39, 0.29) is 48.7 Å². The van der Waals surface area contributed by atoms with Crippen LogP contribution in [0.3, 0.4) is 0 Å². The van der Waals surface area contributed by atoms with Crippen molar-refractivity contribution < 1.29 is 44.0 Å². The Bertz CT molecular complexity index is 925. The Labute approximate surface area is 226 Å². The van der Waals surface area contributed by atoms with Crippen LogP contribution in [0.5, 0.6) is 0 Å². The fraction of sp³-hybridized carbons (Fsp3) is 0.643. The first-order valence-corrected chi connectivity index (χ1v) is 15.2. The first-order chi connectivity index (χ1) is 17.5. The number of allylic oxidation sites excluding steroid dienone is 5. The Hall–Kier alpha value is -2.72. The number of hydrogen-bond acceptors (Lipinski definition) is 5. The van der Waals surface area contributed by atoms with Crippen LogP contribution in [0.25, 0.3) is 0 Å². The summed E-state index contributed by atoms with van der Waals surface area (Å²) in [6.07, 6.45) is 5.42. The zero-order chi connectivity index (χ0) is 29.5. The molecule has 0 saturated heterocycles. The number of aliphatic carboxylic acids is 4. The van der Waals surface area contributed by atoms with E-state index in [1.807, 2.05) is 0 Å². The quantitative estimate of drug-likeness (QED) is 0.156. The van der Waals surface area contributed by atoms with Gasteiger partial charge in [0.1, 0.15) is 0 Å². The second kappa shape index (κ2) is 13.4. The summed E-state index contributed by atoms with van der Waals surface area (Å²) in [5.74, 6) is -5.81. The highest BCUT2D eigenvalue weighted by molar-refractivity contribution is 6.77. The minimum atomic E-state index is -2.61. The van der Waals surface area contributed by atoms with Gasteiger partial charge >= 0.3 is 23.9 Å². The summed E-state index contributed by atoms with van der Waals surface area (Å²) in [4.78, 5) is 49.1. The van der Waals surface area contributed by atoms with Crippen LogP contribution in [0.4, 0.5) is 0 Å². The lowest BCUT2D eigenvalue weighted by atomic mass is 9.77. The summed E-state index contributed by atoms with van der Waals surface area (Å²) in [6.45, 7) is 14.1. The van der Waals surface area contributed by atoms with Crippen molar-refractivity contribution in [3.05, 3.63) is 36.0 Å². The van der Waals surface area contributed by atoms with E-state index in [1.54, 1.807) is 13.0 Å². The van der Waals surface area contributed by atoms with Crippen molar-refractivity contribution in [2.75, 3.05) is 0 Å². The Morgan fingerprint density at radius 1 is 0.789 bits per heavy atom. The highest BCUT2D eigenvalue weighted by Gasteiger charge is 2.52. The Kier molecular flexibility index (Phi) is 11.7. The molecule has 0 spiro atoms. The molecule has 0 saturated carbocycles. The van der Waals surface area contributed by atoms with Gasteiger partial charge in [0.25, 0.3) is 0 Å². The monoisotopic (exact) mass is 552 g/mol. The van der Waals surface area contributed by atoms with Crippen LogP contribution in [0.15, 0.2) is 36.0 Å². The molecule has 0 fully saturated rings. The molecule has 1 atom stereocenters. The van der Waals surface area contributed by atoms with Gasteiger partial charge in [-0.25, -0.2) is 0 Å². The van der Waals surface area contributed by atoms with Crippen molar-refractivity contribution in [2.45, 2.75) is 103 Å². The SMILES string of the molecule is C/C1=C/CCC(C(=O)O)(C(=O)O)C/C=C/C=C/CC(C(=O)O)(C(=O)O)CC1O[Si](C(C)C)(C(C)C)C(C)C. The van der Waals surface area contributed by atoms with E-state index in [0.717, 1.165) is 0 Å². The first-order valence-electron chi connectivity index (χ1n) is 13.1. The average molecular weight is 553 g/mol. The second-order valence-electron chi connectivity index (χ2n) is 11.3. The molecule has 0 aromatic rings. The number of rotatable bonds is 9. The normalized spacial score (nSPS) is 23.7. The molecule has 4 N–H and O–H groups in total. The van der Waals surface area contributed by atoms with E-state index in [2.05, 4.69) is 41.5 Å². The third-order valence-electron chi connectivity index (χ3n) is 8.09. The predicted octanol–water partition coefficient (Wildman–Crippen LogP) is 5.88. The molecule has 0 bridgehead atoms. The average Bonchev–Trinajstić information content (AvgIpc) is 2.79. The lowest BCUT2D eigenvalue weighted by Crippen LogP contribution is -2.52. The van der Waals surface area contributed by atoms with Gasteiger partial charge in [0, 0.05) is 6.42 Å². The standard InChI is InChI=1S/C28H44O9Si/c1-18(2)38(19(3)4,20(5)6)37-22-17-28(25(33)34,26(35)36)15-11-9-8-10-14-27(23(29)30,24(31)32)16-12-13-21(22)7/h8-11,13,18-20,22H,12,14-17H2,1-7H3,(H,29,30)(H,31,32)(H,33,34)(H,35,36)/b10-8+,11-9+,21-13-. The van der Waals surface area contributed by atoms with E-state index < -0.39 is 49.1 Å². The molecular formula is C28H44O9Si. The van der Waals surface area contributed by atoms with Gasteiger partial charge < -0.3 is 24.9 Å². The molecule has 1 unspecified atom stereocenters. The fourth-order valence-electron chi connectivity index (χ4n) is 5.75. The Morgan fingerprint density at radius 3 is 1.55 bits per heavy atom. The van der Waals surface area contributed by atoms with E-state index in [4.69, 9.17) is 4.43 Å². The van der Waals surface area contributed by atoms with Crippen molar-refractivity contribution in [2.24, 2.45) is 10.8 Å². The van der Waals surface area contributed by atoms with Crippen LogP contribution in [0.1, 0.15) is 80.6 Å². The van der Waals surface area contributed by atoms with E-state index >= 15 is 0 Å². The molecule has 0 aromatic heterocycles. The molecule has 9 nitrogen and oxygen atoms in total. The maximum atomic E-state index is 12.5. The van der Waals surface area contributed by atoms with Gasteiger partial charge in [-0.15, -0.1) is 0 Å². The van der Waals surface area contributed by atoms with Crippen LogP contribution in [-0.4, -0.2) is 58.7 Å². The minimum Gasteiger partial charge on any atom is -0.480 e. The maximum Gasteiger partial charge on any atom is 0.321 e. The number of carbonyl (C=O) groups is 4. The van der Waals surface area contributed by atoms with Crippen molar-refractivity contribution in [3.8, 4) is 0 Å². The zero-order valence-electron chi connectivity index (χ0n) is 23.6. The Morgan fingerprint density at radius 2 is 1.18 bits per heavy atom. The summed E-state index contributed by atoms with van der Waals surface area (Å²) in [6, 6.07) is 0. The molecule has 1 aliphatic rings. The highest BCUT2D eigenvalue weighted by atomic mass is 28.4. The van der Waals surface area contributed by atoms with Crippen molar-refractivity contribution in [1.82, 2.24) is 0 Å². The molecule has 1 rings (SSSR count). The zero-order valence-corrected chi connectivity index (χ0v) is 24.6. The third kappa shape index (κ3) is 6.82. The van der Waals surface area contributed by atoms with Gasteiger partial charge in [-0.2, -0.15) is 0 Å². The van der Waals surface area contributed by atoms with Gasteiger partial charge in [0.2, 0.25) is 8.32 Å². The predicted molar refractivity (Wildman–Crippen MR) is 146 cm³/mol. The molecule has 10 heteroatoms. The highest BCUT2D eigenvalue weighted by Crippen LogP contribution is 2.46. The van der Waals surface area contributed by atoms with Crippen molar-refractivity contribution >= 4 is 32.2 Å². The maximum absolute atomic E-state index is 12.5. The van der Waals surface area contributed by atoms with Crippen molar-refractivity contribution in [3.63, 3.8) is 0 Å². The van der Waals surface area contributed by atoms with Gasteiger partial charge in [0.15, 0.2) is 10.8 Å². The fourth-order valence-corrected chi connectivity index (χ4v) is 11.3. The van der Waals surface area contributed by atoms with Gasteiger partial charge in [-0.3, -0.25) is 19.2 Å². The molecular weight excluding hydrogens is 508 g/mol. The summed E-state index contributed by atoms with van der Waals surface area (Å²) < 4.78 is 6.91. The van der Waals surface area contributed by atoms with E-state index in [0.29, 0.717) is 5.57 Å². The van der Waals surface area contributed by atoms with Crippen LogP contribution >= 0.6 is 0 Å². The lowest BCUT2D eigenvalue weighted by Gasteiger charge is -2.46. The van der Waals surface area contributed by atoms with Gasteiger partial charge in [0.05, 0.1) is 6.10 Å². The van der Waals surface area contributed by atoms with Crippen LogP contribution in [0.2, 0.25) is 16.6 Å². The first kappa shape index (κ1) is 33.3. The number of carboxylic acids is 4. The van der Waals surface area contributed by atoms with Crippen LogP contribution < -0.4 is 0 Å². The number of hydrogen-bond donors (Lipinski definition) is 4. The Balaban J connectivity index is 3.83. The van der Waals surface area contributed by atoms with Crippen LogP contribution in [-0.2, 0) is 23.6 Å². The largest absolute Gasteiger partial charge is 0.480 e. The molecule has 1 aliphatic carbocycles. The molecule has 0 aliphatic heterocycles. The minimum absolute atomic E-state index is 0.0840. The summed E-state index contributed by atoms with van der Waals surface area (Å²) in [5, 5.41) is 39.9. The smallest absolute Gasteiger partial charge is 0.321 e. The van der Waals surface area contributed by atoms with Gasteiger partial charge in [-0.1, -0.05) is 71.9 Å². The van der Waals surface area contributed by atoms with E-state index in [9.17, 15) is 39.6 Å². The van der Waals surface area contributed by atoms with Crippen LogP contribution in [0, 0.1) is 10.8 Å². The summed E-state index contributed by atoms with van der Waals surface area (Å²) >= 11 is 0. The third-order valence-corrected chi connectivity index (χ3v) is 14.2. The lowest BCUT2D eigenvalue weighted by molar-refractivity contribution is -0.167.